The fourth-order valence-corrected chi connectivity index (χ4v) is 3.33. The molecule has 1 fully saturated rings. The van der Waals surface area contributed by atoms with Gasteiger partial charge in [-0.3, -0.25) is 0 Å². The zero-order valence-electron chi connectivity index (χ0n) is 16.7. The standard InChI is InChI=1S/C21H22BF3N2O2/c1-19(2)20(3,4)29-22(28-19)16-9-10-18-17(11-16)26-13-27(18)12-14-5-7-15(8-6-14)21(23,24)25/h5-11,13H,12H2,1-4H3. The molecule has 4 rings (SSSR count). The maximum Gasteiger partial charge on any atom is 0.494 e. The number of fused-ring (bicyclic) bond motifs is 1. The highest BCUT2D eigenvalue weighted by Gasteiger charge is 2.51. The van der Waals surface area contributed by atoms with Crippen molar-refractivity contribution in [3.8, 4) is 0 Å². The summed E-state index contributed by atoms with van der Waals surface area (Å²) in [4.78, 5) is 4.45. The van der Waals surface area contributed by atoms with E-state index >= 15 is 0 Å². The predicted octanol–water partition coefficient (Wildman–Crippen LogP) is 4.40. The molecular formula is C21H22BF3N2O2. The molecule has 1 aliphatic rings. The molecular weight excluding hydrogens is 380 g/mol. The number of aromatic nitrogens is 2. The van der Waals surface area contributed by atoms with Gasteiger partial charge in [0.25, 0.3) is 0 Å². The maximum absolute atomic E-state index is 12.7. The van der Waals surface area contributed by atoms with Gasteiger partial charge in [-0.25, -0.2) is 4.98 Å². The smallest absolute Gasteiger partial charge is 0.399 e. The third-order valence-corrected chi connectivity index (χ3v) is 5.80. The SMILES string of the molecule is CC1(C)OB(c2ccc3c(c2)ncn3Cc2ccc(C(F)(F)F)cc2)OC1(C)C. The normalized spacial score (nSPS) is 18.5. The minimum Gasteiger partial charge on any atom is -0.399 e. The summed E-state index contributed by atoms with van der Waals surface area (Å²) < 4.78 is 52.3. The molecule has 4 nitrogen and oxygen atoms in total. The molecule has 3 aromatic rings. The van der Waals surface area contributed by atoms with E-state index in [0.717, 1.165) is 34.2 Å². The number of benzene rings is 2. The van der Waals surface area contributed by atoms with Crippen molar-refractivity contribution in [3.05, 3.63) is 59.9 Å². The van der Waals surface area contributed by atoms with Crippen LogP contribution in [0, 0.1) is 0 Å². The lowest BCUT2D eigenvalue weighted by molar-refractivity contribution is -0.137. The molecule has 0 saturated carbocycles. The fourth-order valence-electron chi connectivity index (χ4n) is 3.33. The zero-order chi connectivity index (χ0) is 21.0. The van der Waals surface area contributed by atoms with Crippen LogP contribution < -0.4 is 5.46 Å². The van der Waals surface area contributed by atoms with Gasteiger partial charge in [0.15, 0.2) is 0 Å². The van der Waals surface area contributed by atoms with Crippen molar-refractivity contribution in [2.45, 2.75) is 51.6 Å². The van der Waals surface area contributed by atoms with Gasteiger partial charge in [0.1, 0.15) is 0 Å². The van der Waals surface area contributed by atoms with Crippen LogP contribution in [0.2, 0.25) is 0 Å². The largest absolute Gasteiger partial charge is 0.494 e. The van der Waals surface area contributed by atoms with Gasteiger partial charge in [-0.1, -0.05) is 18.2 Å². The van der Waals surface area contributed by atoms with E-state index in [9.17, 15) is 13.2 Å². The van der Waals surface area contributed by atoms with E-state index in [4.69, 9.17) is 9.31 Å². The van der Waals surface area contributed by atoms with Crippen molar-refractivity contribution in [2.75, 3.05) is 0 Å². The Bertz CT molecular complexity index is 1030. The summed E-state index contributed by atoms with van der Waals surface area (Å²) >= 11 is 0. The van der Waals surface area contributed by atoms with Gasteiger partial charge in [-0.2, -0.15) is 13.2 Å². The molecule has 0 spiro atoms. The Labute approximate surface area is 167 Å². The average molecular weight is 402 g/mol. The van der Waals surface area contributed by atoms with Crippen LogP contribution in [0.15, 0.2) is 48.8 Å². The molecule has 2 aromatic carbocycles. The first-order valence-corrected chi connectivity index (χ1v) is 9.43. The second-order valence-electron chi connectivity index (χ2n) is 8.40. The van der Waals surface area contributed by atoms with Gasteiger partial charge in [-0.15, -0.1) is 0 Å². The summed E-state index contributed by atoms with van der Waals surface area (Å²) in [6.07, 6.45) is -2.64. The van der Waals surface area contributed by atoms with E-state index in [1.165, 1.54) is 12.1 Å². The third-order valence-electron chi connectivity index (χ3n) is 5.80. The van der Waals surface area contributed by atoms with E-state index in [1.807, 2.05) is 50.5 Å². The number of alkyl halides is 3. The molecule has 152 valence electrons. The molecule has 1 saturated heterocycles. The van der Waals surface area contributed by atoms with Gasteiger partial charge in [0.2, 0.25) is 0 Å². The maximum atomic E-state index is 12.7. The first-order valence-electron chi connectivity index (χ1n) is 9.43. The van der Waals surface area contributed by atoms with Crippen molar-refractivity contribution in [1.29, 1.82) is 0 Å². The van der Waals surface area contributed by atoms with Crippen molar-refractivity contribution in [1.82, 2.24) is 9.55 Å². The van der Waals surface area contributed by atoms with Gasteiger partial charge in [0, 0.05) is 6.54 Å². The van der Waals surface area contributed by atoms with Crippen molar-refractivity contribution in [2.24, 2.45) is 0 Å². The molecule has 8 heteroatoms. The number of rotatable bonds is 3. The van der Waals surface area contributed by atoms with Crippen LogP contribution in [0.5, 0.6) is 0 Å². The van der Waals surface area contributed by atoms with Crippen molar-refractivity contribution < 1.29 is 22.5 Å². The van der Waals surface area contributed by atoms with Crippen molar-refractivity contribution >= 4 is 23.6 Å². The number of hydrogen-bond donors (Lipinski definition) is 0. The van der Waals surface area contributed by atoms with Crippen LogP contribution in [-0.2, 0) is 22.0 Å². The predicted molar refractivity (Wildman–Crippen MR) is 106 cm³/mol. The summed E-state index contributed by atoms with van der Waals surface area (Å²) in [7, 11) is -0.468. The second-order valence-corrected chi connectivity index (χ2v) is 8.40. The number of imidazole rings is 1. The number of nitrogens with zero attached hydrogens (tertiary/aromatic N) is 2. The average Bonchev–Trinajstić information content (AvgIpc) is 3.12. The van der Waals surface area contributed by atoms with Crippen LogP contribution in [0.3, 0.4) is 0 Å². The molecule has 0 N–H and O–H groups in total. The Morgan fingerprint density at radius 1 is 0.966 bits per heavy atom. The Kier molecular flexibility index (Phi) is 4.55. The molecule has 0 atom stereocenters. The Balaban J connectivity index is 1.56. The first-order chi connectivity index (χ1) is 13.5. The lowest BCUT2D eigenvalue weighted by atomic mass is 9.79. The molecule has 0 bridgehead atoms. The molecule has 2 heterocycles. The quantitative estimate of drug-likeness (QED) is 0.610. The summed E-state index contributed by atoms with van der Waals surface area (Å²) in [6, 6.07) is 11.0. The molecule has 0 aliphatic carbocycles. The van der Waals surface area contributed by atoms with E-state index in [0.29, 0.717) is 6.54 Å². The molecule has 1 aromatic heterocycles. The highest BCUT2D eigenvalue weighted by atomic mass is 19.4. The minimum absolute atomic E-state index is 0.422. The summed E-state index contributed by atoms with van der Waals surface area (Å²) in [5, 5.41) is 0. The van der Waals surface area contributed by atoms with Crippen molar-refractivity contribution in [3.63, 3.8) is 0 Å². The van der Waals surface area contributed by atoms with Crippen LogP contribution >= 0.6 is 0 Å². The van der Waals surface area contributed by atoms with Gasteiger partial charge >= 0.3 is 13.3 Å². The van der Waals surface area contributed by atoms with Gasteiger partial charge in [0.05, 0.1) is 34.1 Å². The summed E-state index contributed by atoms with van der Waals surface area (Å²) in [6.45, 7) is 8.45. The van der Waals surface area contributed by atoms with Gasteiger partial charge < -0.3 is 13.9 Å². The topological polar surface area (TPSA) is 36.3 Å². The second kappa shape index (κ2) is 6.60. The lowest BCUT2D eigenvalue weighted by Crippen LogP contribution is -2.41. The summed E-state index contributed by atoms with van der Waals surface area (Å²) in [5.41, 5.74) is 1.84. The molecule has 1 aliphatic heterocycles. The third kappa shape index (κ3) is 3.67. The number of hydrogen-bond acceptors (Lipinski definition) is 3. The van der Waals surface area contributed by atoms with Crippen LogP contribution in [0.4, 0.5) is 13.2 Å². The first kappa shape index (κ1) is 20.0. The number of halogens is 3. The molecule has 0 unspecified atom stereocenters. The Morgan fingerprint density at radius 2 is 1.59 bits per heavy atom. The monoisotopic (exact) mass is 402 g/mol. The fraction of sp³-hybridized carbons (Fsp3) is 0.381. The van der Waals surface area contributed by atoms with Gasteiger partial charge in [-0.05, 0) is 63.0 Å². The van der Waals surface area contributed by atoms with E-state index in [-0.39, 0.29) is 0 Å². The molecule has 0 radical (unpaired) electrons. The Morgan fingerprint density at radius 3 is 2.17 bits per heavy atom. The molecule has 29 heavy (non-hydrogen) atoms. The van der Waals surface area contributed by atoms with E-state index in [1.54, 1.807) is 6.33 Å². The van der Waals surface area contributed by atoms with E-state index in [2.05, 4.69) is 4.98 Å². The highest BCUT2D eigenvalue weighted by molar-refractivity contribution is 6.62. The van der Waals surface area contributed by atoms with Crippen LogP contribution in [0.1, 0.15) is 38.8 Å². The lowest BCUT2D eigenvalue weighted by Gasteiger charge is -2.32. The summed E-state index contributed by atoms with van der Waals surface area (Å²) in [5.74, 6) is 0. The molecule has 0 amide bonds. The highest BCUT2D eigenvalue weighted by Crippen LogP contribution is 2.36. The van der Waals surface area contributed by atoms with E-state index < -0.39 is 30.1 Å². The van der Waals surface area contributed by atoms with Crippen LogP contribution in [0.25, 0.3) is 11.0 Å². The van der Waals surface area contributed by atoms with Crippen LogP contribution in [-0.4, -0.2) is 27.9 Å². The minimum atomic E-state index is -4.33. The Hall–Kier alpha value is -2.32. The zero-order valence-corrected chi connectivity index (χ0v) is 16.7.